The molecular formula is C28H27NO5. The van der Waals surface area contributed by atoms with Crippen LogP contribution < -0.4 is 4.74 Å². The highest BCUT2D eigenvalue weighted by molar-refractivity contribution is 5.70. The molecule has 3 aromatic rings. The van der Waals surface area contributed by atoms with Crippen LogP contribution in [0.15, 0.2) is 66.7 Å². The van der Waals surface area contributed by atoms with Crippen molar-refractivity contribution in [3.05, 3.63) is 89.0 Å². The molecule has 0 amide bonds. The first-order valence-corrected chi connectivity index (χ1v) is 11.2. The molecule has 3 aromatic carbocycles. The average molecular weight is 458 g/mol. The van der Waals surface area contributed by atoms with E-state index in [9.17, 15) is 4.79 Å². The quantitative estimate of drug-likeness (QED) is 0.425. The molecule has 1 saturated heterocycles. The number of aryl methyl sites for hydroxylation is 1. The second-order valence-electron chi connectivity index (χ2n) is 8.24. The van der Waals surface area contributed by atoms with Crippen molar-refractivity contribution in [3.8, 4) is 22.9 Å². The van der Waals surface area contributed by atoms with E-state index >= 15 is 0 Å². The molecule has 0 aliphatic carbocycles. The molecule has 0 radical (unpaired) electrons. The summed E-state index contributed by atoms with van der Waals surface area (Å²) < 4.78 is 22.2. The normalized spacial score (nSPS) is 14.0. The van der Waals surface area contributed by atoms with Gasteiger partial charge in [-0.2, -0.15) is 5.26 Å². The summed E-state index contributed by atoms with van der Waals surface area (Å²) in [5.74, 6) is 0.358. The number of carbonyl (C=O) groups excluding carboxylic acids is 1. The predicted octanol–water partition coefficient (Wildman–Crippen LogP) is 4.92. The molecule has 1 fully saturated rings. The van der Waals surface area contributed by atoms with Gasteiger partial charge in [-0.25, -0.2) is 4.79 Å². The lowest BCUT2D eigenvalue weighted by Gasteiger charge is -2.41. The summed E-state index contributed by atoms with van der Waals surface area (Å²) in [4.78, 5) is 11.7. The van der Waals surface area contributed by atoms with Crippen molar-refractivity contribution in [2.75, 3.05) is 26.4 Å². The molecule has 0 saturated carbocycles. The van der Waals surface area contributed by atoms with Crippen LogP contribution in [0.1, 0.15) is 29.2 Å². The summed E-state index contributed by atoms with van der Waals surface area (Å²) in [5, 5.41) is 9.09. The number of hydrogen-bond donors (Lipinski definition) is 0. The van der Waals surface area contributed by atoms with E-state index in [1.165, 1.54) is 0 Å². The lowest BCUT2D eigenvalue weighted by atomic mass is 9.91. The Morgan fingerprint density at radius 3 is 2.53 bits per heavy atom. The smallest absolute Gasteiger partial charge is 0.332 e. The topological polar surface area (TPSA) is 77.8 Å². The molecule has 174 valence electrons. The number of hydrogen-bond acceptors (Lipinski definition) is 6. The van der Waals surface area contributed by atoms with Gasteiger partial charge in [-0.05, 0) is 72.0 Å². The first kappa shape index (κ1) is 23.5. The summed E-state index contributed by atoms with van der Waals surface area (Å²) in [6, 6.07) is 23.8. The van der Waals surface area contributed by atoms with Crippen molar-refractivity contribution in [1.82, 2.24) is 0 Å². The molecule has 1 aliphatic rings. The van der Waals surface area contributed by atoms with Gasteiger partial charge in [0.2, 0.25) is 0 Å². The Morgan fingerprint density at radius 1 is 1.09 bits per heavy atom. The van der Waals surface area contributed by atoms with E-state index in [1.807, 2.05) is 61.5 Å². The van der Waals surface area contributed by atoms with Crippen LogP contribution in [-0.2, 0) is 31.2 Å². The minimum atomic E-state index is -0.626. The zero-order valence-corrected chi connectivity index (χ0v) is 19.4. The van der Waals surface area contributed by atoms with Crippen molar-refractivity contribution >= 4 is 5.97 Å². The van der Waals surface area contributed by atoms with Gasteiger partial charge in [0.1, 0.15) is 24.6 Å². The number of carbonyl (C=O) groups is 1. The lowest BCUT2D eigenvalue weighted by molar-refractivity contribution is -0.221. The minimum Gasteiger partial charge on any atom is -0.489 e. The van der Waals surface area contributed by atoms with Crippen LogP contribution in [0.4, 0.5) is 0 Å². The highest BCUT2D eigenvalue weighted by Crippen LogP contribution is 2.35. The van der Waals surface area contributed by atoms with Crippen molar-refractivity contribution in [1.29, 1.82) is 5.26 Å². The van der Waals surface area contributed by atoms with Gasteiger partial charge < -0.3 is 18.9 Å². The third-order valence-electron chi connectivity index (χ3n) is 5.82. The number of nitrogens with zero attached hydrogens (tertiary/aromatic N) is 1. The third kappa shape index (κ3) is 5.28. The van der Waals surface area contributed by atoms with E-state index in [0.717, 1.165) is 33.6 Å². The Labute approximate surface area is 199 Å². The van der Waals surface area contributed by atoms with Gasteiger partial charge >= 0.3 is 5.97 Å². The zero-order valence-electron chi connectivity index (χ0n) is 19.4. The average Bonchev–Trinajstić information content (AvgIpc) is 2.83. The molecule has 4 rings (SSSR count). The molecule has 1 heterocycles. The van der Waals surface area contributed by atoms with Crippen LogP contribution in [-0.4, -0.2) is 32.4 Å². The van der Waals surface area contributed by atoms with Gasteiger partial charge in [0.15, 0.2) is 0 Å². The van der Waals surface area contributed by atoms with Crippen LogP contribution in [0.5, 0.6) is 5.75 Å². The number of benzene rings is 3. The Hall–Kier alpha value is -3.66. The second kappa shape index (κ2) is 10.5. The largest absolute Gasteiger partial charge is 0.489 e. The van der Waals surface area contributed by atoms with E-state index in [1.54, 1.807) is 6.92 Å². The molecule has 34 heavy (non-hydrogen) atoms. The van der Waals surface area contributed by atoms with Gasteiger partial charge in [0, 0.05) is 0 Å². The second-order valence-corrected chi connectivity index (χ2v) is 8.24. The first-order chi connectivity index (χ1) is 16.5. The van der Waals surface area contributed by atoms with Crippen molar-refractivity contribution in [3.63, 3.8) is 0 Å². The van der Waals surface area contributed by atoms with Crippen LogP contribution in [0, 0.1) is 18.3 Å². The molecule has 0 aromatic heterocycles. The summed E-state index contributed by atoms with van der Waals surface area (Å²) >= 11 is 0. The van der Waals surface area contributed by atoms with E-state index in [4.69, 9.17) is 24.2 Å². The van der Waals surface area contributed by atoms with Crippen LogP contribution in [0.2, 0.25) is 0 Å². The van der Waals surface area contributed by atoms with Gasteiger partial charge in [-0.15, -0.1) is 0 Å². The van der Waals surface area contributed by atoms with E-state index in [-0.39, 0.29) is 12.6 Å². The maximum Gasteiger partial charge on any atom is 0.332 e. The van der Waals surface area contributed by atoms with Crippen LogP contribution in [0.3, 0.4) is 0 Å². The van der Waals surface area contributed by atoms with Gasteiger partial charge in [-0.1, -0.05) is 36.4 Å². The molecule has 6 nitrogen and oxygen atoms in total. The van der Waals surface area contributed by atoms with Crippen LogP contribution >= 0.6 is 0 Å². The monoisotopic (exact) mass is 457 g/mol. The fourth-order valence-corrected chi connectivity index (χ4v) is 3.93. The van der Waals surface area contributed by atoms with Gasteiger partial charge in [-0.3, -0.25) is 0 Å². The maximum atomic E-state index is 11.7. The number of esters is 1. The molecule has 0 N–H and O–H groups in total. The van der Waals surface area contributed by atoms with Gasteiger partial charge in [0.05, 0.1) is 31.5 Å². The maximum absolute atomic E-state index is 11.7. The Morgan fingerprint density at radius 2 is 1.88 bits per heavy atom. The third-order valence-corrected chi connectivity index (χ3v) is 5.82. The van der Waals surface area contributed by atoms with Crippen molar-refractivity contribution in [2.24, 2.45) is 0 Å². The summed E-state index contributed by atoms with van der Waals surface area (Å²) in [7, 11) is 0. The van der Waals surface area contributed by atoms with Crippen molar-refractivity contribution in [2.45, 2.75) is 26.1 Å². The van der Waals surface area contributed by atoms with Crippen molar-refractivity contribution < 1.29 is 23.7 Å². The predicted molar refractivity (Wildman–Crippen MR) is 127 cm³/mol. The Balaban J connectivity index is 1.40. The Bertz CT molecular complexity index is 1190. The fraction of sp³-hybridized carbons (Fsp3) is 0.286. The summed E-state index contributed by atoms with van der Waals surface area (Å²) in [6.07, 6.45) is 0. The molecule has 0 spiro atoms. The number of rotatable bonds is 9. The minimum absolute atomic E-state index is 0.107. The summed E-state index contributed by atoms with van der Waals surface area (Å²) in [5.41, 5.74) is 5.27. The fourth-order valence-electron chi connectivity index (χ4n) is 3.93. The highest BCUT2D eigenvalue weighted by atomic mass is 16.6. The first-order valence-electron chi connectivity index (χ1n) is 11.2. The molecular weight excluding hydrogens is 430 g/mol. The molecule has 0 unspecified atom stereocenters. The van der Waals surface area contributed by atoms with Crippen LogP contribution in [0.25, 0.3) is 11.1 Å². The Kier molecular flexibility index (Phi) is 7.27. The van der Waals surface area contributed by atoms with E-state index in [0.29, 0.717) is 32.0 Å². The molecule has 1 aliphatic heterocycles. The van der Waals surface area contributed by atoms with E-state index in [2.05, 4.69) is 18.2 Å². The standard InChI is InChI=1S/C28H27NO5/c1-3-32-27(30)17-34-28(18-31-19-28)24-8-10-25(11-9-24)33-16-22-5-4-6-23(14-22)26-12-7-21(15-29)13-20(26)2/h4-14H,3,16-19H2,1-2H3. The molecule has 0 atom stereocenters. The lowest BCUT2D eigenvalue weighted by Crippen LogP contribution is -2.49. The highest BCUT2D eigenvalue weighted by Gasteiger charge is 2.42. The van der Waals surface area contributed by atoms with Gasteiger partial charge in [0.25, 0.3) is 0 Å². The molecule has 6 heteroatoms. The SMILES string of the molecule is CCOC(=O)COC1(c2ccc(OCc3cccc(-c4ccc(C#N)cc4C)c3)cc2)COC1. The van der Waals surface area contributed by atoms with E-state index < -0.39 is 5.60 Å². The summed E-state index contributed by atoms with van der Waals surface area (Å²) in [6.45, 7) is 5.22. The number of nitriles is 1. The number of ether oxygens (including phenoxy) is 4. The molecule has 0 bridgehead atoms. The zero-order chi connectivity index (χ0) is 24.0.